The predicted molar refractivity (Wildman–Crippen MR) is 130 cm³/mol. The highest BCUT2D eigenvalue weighted by atomic mass is 35.5. The highest BCUT2D eigenvalue weighted by molar-refractivity contribution is 6.31. The van der Waals surface area contributed by atoms with Crippen LogP contribution >= 0.6 is 11.6 Å². The van der Waals surface area contributed by atoms with Gasteiger partial charge in [-0.3, -0.25) is 14.6 Å². The number of rotatable bonds is 10. The molecule has 2 amide bonds. The van der Waals surface area contributed by atoms with Gasteiger partial charge in [0.15, 0.2) is 5.82 Å². The van der Waals surface area contributed by atoms with Crippen molar-refractivity contribution < 1.29 is 14.0 Å². The summed E-state index contributed by atoms with van der Waals surface area (Å²) in [6.45, 7) is 4.41. The van der Waals surface area contributed by atoms with Gasteiger partial charge in [-0.2, -0.15) is 4.98 Å². The van der Waals surface area contributed by atoms with Crippen LogP contribution in [0.25, 0.3) is 0 Å². The first-order valence-electron chi connectivity index (χ1n) is 10.3. The van der Waals surface area contributed by atoms with Crippen LogP contribution in [0.1, 0.15) is 16.8 Å². The van der Waals surface area contributed by atoms with E-state index >= 15 is 0 Å². The molecule has 11 heteroatoms. The second kappa shape index (κ2) is 11.7. The zero-order valence-electron chi connectivity index (χ0n) is 18.4. The van der Waals surface area contributed by atoms with Crippen molar-refractivity contribution in [3.8, 4) is 0 Å². The summed E-state index contributed by atoms with van der Waals surface area (Å²) in [7, 11) is 1.43. The van der Waals surface area contributed by atoms with E-state index in [0.717, 1.165) is 11.0 Å². The average molecular weight is 484 g/mol. The first-order chi connectivity index (χ1) is 16.4. The molecular formula is C23H23ClFN7O2. The topological polar surface area (TPSA) is 112 Å². The molecule has 0 aliphatic heterocycles. The molecule has 9 nitrogen and oxygen atoms in total. The van der Waals surface area contributed by atoms with Crippen LogP contribution in [0.3, 0.4) is 0 Å². The van der Waals surface area contributed by atoms with Crippen LogP contribution in [0.15, 0.2) is 61.6 Å². The molecule has 0 unspecified atom stereocenters. The van der Waals surface area contributed by atoms with Crippen molar-refractivity contribution in [1.82, 2.24) is 20.3 Å². The van der Waals surface area contributed by atoms with Crippen molar-refractivity contribution >= 4 is 46.6 Å². The Morgan fingerprint density at radius 2 is 1.94 bits per heavy atom. The van der Waals surface area contributed by atoms with E-state index in [1.165, 1.54) is 19.2 Å². The maximum Gasteiger partial charge on any atom is 0.251 e. The van der Waals surface area contributed by atoms with Crippen molar-refractivity contribution in [2.45, 2.75) is 6.42 Å². The predicted octanol–water partition coefficient (Wildman–Crippen LogP) is 3.79. The van der Waals surface area contributed by atoms with E-state index in [0.29, 0.717) is 42.5 Å². The maximum atomic E-state index is 14.4. The Balaban J connectivity index is 1.56. The standard InChI is InChI=1S/C23H23ClFN7O2/c1-3-20(33)32(2)18-14-16(13-17(24)21(18)25)30-19-7-12-29-23(31-19)28-9-4-8-27-22(34)15-5-10-26-11-6-15/h3,5-7,10-14H,1,4,8-9H2,2H3,(H,27,34)(H2,28,29,30,31). The molecule has 34 heavy (non-hydrogen) atoms. The minimum absolute atomic E-state index is 0.00103. The second-order valence-corrected chi connectivity index (χ2v) is 7.46. The zero-order valence-corrected chi connectivity index (χ0v) is 19.1. The van der Waals surface area contributed by atoms with E-state index in [-0.39, 0.29) is 16.6 Å². The molecule has 0 radical (unpaired) electrons. The quantitative estimate of drug-likeness (QED) is 0.297. The van der Waals surface area contributed by atoms with Gasteiger partial charge in [-0.1, -0.05) is 18.2 Å². The fraction of sp³-hybridized carbons (Fsp3) is 0.174. The number of amides is 2. The van der Waals surface area contributed by atoms with Crippen LogP contribution in [0.2, 0.25) is 5.02 Å². The largest absolute Gasteiger partial charge is 0.354 e. The summed E-state index contributed by atoms with van der Waals surface area (Å²) in [5, 5.41) is 8.79. The Morgan fingerprint density at radius 3 is 2.68 bits per heavy atom. The Labute approximate surface area is 201 Å². The highest BCUT2D eigenvalue weighted by Gasteiger charge is 2.17. The number of pyridine rings is 1. The number of benzene rings is 1. The number of aromatic nitrogens is 3. The van der Waals surface area contributed by atoms with E-state index in [4.69, 9.17) is 11.6 Å². The van der Waals surface area contributed by atoms with Crippen LogP contribution in [-0.2, 0) is 4.79 Å². The summed E-state index contributed by atoms with van der Waals surface area (Å²) in [6.07, 6.45) is 6.42. The molecule has 2 heterocycles. The van der Waals surface area contributed by atoms with Gasteiger partial charge in [0.2, 0.25) is 11.9 Å². The van der Waals surface area contributed by atoms with Gasteiger partial charge in [-0.15, -0.1) is 0 Å². The van der Waals surface area contributed by atoms with Gasteiger partial charge in [0, 0.05) is 50.0 Å². The third kappa shape index (κ3) is 6.48. The number of halogens is 2. The Hall–Kier alpha value is -4.05. The normalized spacial score (nSPS) is 10.3. The van der Waals surface area contributed by atoms with Gasteiger partial charge in [0.25, 0.3) is 5.91 Å². The first kappa shape index (κ1) is 24.6. The molecule has 0 saturated heterocycles. The minimum Gasteiger partial charge on any atom is -0.354 e. The molecule has 3 N–H and O–H groups in total. The van der Waals surface area contributed by atoms with Crippen LogP contribution in [0.5, 0.6) is 0 Å². The van der Waals surface area contributed by atoms with Crippen molar-refractivity contribution in [2.24, 2.45) is 0 Å². The van der Waals surface area contributed by atoms with Gasteiger partial charge in [0.1, 0.15) is 5.82 Å². The summed E-state index contributed by atoms with van der Waals surface area (Å²) in [5.41, 5.74) is 0.990. The highest BCUT2D eigenvalue weighted by Crippen LogP contribution is 2.31. The second-order valence-electron chi connectivity index (χ2n) is 7.06. The monoisotopic (exact) mass is 483 g/mol. The average Bonchev–Trinajstić information content (AvgIpc) is 2.85. The number of carbonyl (C=O) groups excluding carboxylic acids is 2. The summed E-state index contributed by atoms with van der Waals surface area (Å²) >= 11 is 6.01. The van der Waals surface area contributed by atoms with Crippen LogP contribution in [0.4, 0.5) is 27.5 Å². The Bertz CT molecular complexity index is 1180. The fourth-order valence-corrected chi connectivity index (χ4v) is 3.12. The molecule has 0 aliphatic carbocycles. The van der Waals surface area contributed by atoms with Crippen molar-refractivity contribution in [3.63, 3.8) is 0 Å². The molecular weight excluding hydrogens is 461 g/mol. The third-order valence-electron chi connectivity index (χ3n) is 4.67. The van der Waals surface area contributed by atoms with Gasteiger partial charge in [-0.05, 0) is 42.8 Å². The number of nitrogens with zero attached hydrogens (tertiary/aromatic N) is 4. The molecule has 1 aromatic carbocycles. The zero-order chi connectivity index (χ0) is 24.5. The van der Waals surface area contributed by atoms with Gasteiger partial charge >= 0.3 is 0 Å². The van der Waals surface area contributed by atoms with Crippen LogP contribution < -0.4 is 20.9 Å². The molecule has 0 aliphatic rings. The molecule has 3 rings (SSSR count). The van der Waals surface area contributed by atoms with E-state index in [1.54, 1.807) is 36.8 Å². The van der Waals surface area contributed by atoms with Crippen LogP contribution in [0, 0.1) is 5.82 Å². The van der Waals surface area contributed by atoms with Crippen molar-refractivity contribution in [3.05, 3.63) is 78.0 Å². The van der Waals surface area contributed by atoms with Crippen molar-refractivity contribution in [1.29, 1.82) is 0 Å². The molecule has 0 atom stereocenters. The smallest absolute Gasteiger partial charge is 0.251 e. The molecule has 0 saturated carbocycles. The van der Waals surface area contributed by atoms with Gasteiger partial charge < -0.3 is 20.9 Å². The SMILES string of the molecule is C=CC(=O)N(C)c1cc(Nc2ccnc(NCCCNC(=O)c3ccncc3)n2)cc(Cl)c1F. The molecule has 2 aromatic heterocycles. The number of anilines is 4. The third-order valence-corrected chi connectivity index (χ3v) is 4.94. The molecule has 176 valence electrons. The van der Waals surface area contributed by atoms with E-state index < -0.39 is 11.7 Å². The number of nitrogens with one attached hydrogen (secondary N) is 3. The number of hydrogen-bond donors (Lipinski definition) is 3. The fourth-order valence-electron chi connectivity index (χ4n) is 2.90. The van der Waals surface area contributed by atoms with E-state index in [2.05, 4.69) is 37.5 Å². The lowest BCUT2D eigenvalue weighted by molar-refractivity contribution is -0.113. The lowest BCUT2D eigenvalue weighted by Crippen LogP contribution is -2.25. The van der Waals surface area contributed by atoms with Crippen molar-refractivity contribution in [2.75, 3.05) is 35.7 Å². The number of carbonyl (C=O) groups is 2. The summed E-state index contributed by atoms with van der Waals surface area (Å²) in [6, 6.07) is 7.77. The number of hydrogen-bond acceptors (Lipinski definition) is 7. The first-order valence-corrected chi connectivity index (χ1v) is 10.7. The molecule has 3 aromatic rings. The van der Waals surface area contributed by atoms with E-state index in [1.807, 2.05) is 0 Å². The minimum atomic E-state index is -0.717. The molecule has 0 fully saturated rings. The number of likely N-dealkylation sites (N-methyl/N-ethyl adjacent to an activating group) is 1. The lowest BCUT2D eigenvalue weighted by atomic mass is 10.2. The lowest BCUT2D eigenvalue weighted by Gasteiger charge is -2.18. The summed E-state index contributed by atoms with van der Waals surface area (Å²) in [5.74, 6) is -0.543. The summed E-state index contributed by atoms with van der Waals surface area (Å²) in [4.78, 5) is 37.4. The Kier molecular flexibility index (Phi) is 8.47. The van der Waals surface area contributed by atoms with E-state index in [9.17, 15) is 14.0 Å². The molecule has 0 bridgehead atoms. The summed E-state index contributed by atoms with van der Waals surface area (Å²) < 4.78 is 14.4. The maximum absolute atomic E-state index is 14.4. The van der Waals surface area contributed by atoms with Gasteiger partial charge in [-0.25, -0.2) is 9.37 Å². The van der Waals surface area contributed by atoms with Gasteiger partial charge in [0.05, 0.1) is 10.7 Å². The molecule has 0 spiro atoms. The Morgan fingerprint density at radius 1 is 1.18 bits per heavy atom. The van der Waals surface area contributed by atoms with Crippen LogP contribution in [-0.4, -0.2) is 46.9 Å².